The highest BCUT2D eigenvalue weighted by Crippen LogP contribution is 2.26. The van der Waals surface area contributed by atoms with Crippen molar-refractivity contribution in [3.8, 4) is 11.5 Å². The van der Waals surface area contributed by atoms with Crippen molar-refractivity contribution >= 4 is 58.5 Å². The molecule has 0 saturated carbocycles. The number of carbonyl (C=O) groups excluding carboxylic acids is 6. The zero-order chi connectivity index (χ0) is 47.1. The van der Waals surface area contributed by atoms with Crippen molar-refractivity contribution in [3.05, 3.63) is 90.0 Å². The van der Waals surface area contributed by atoms with Gasteiger partial charge in [0.2, 0.25) is 41.3 Å². The number of hydrogen-bond acceptors (Lipinski definition) is 17. The molecular formula is C43H51N13O10. The Balaban J connectivity index is 1.28. The number of oxazole rings is 1. The highest BCUT2D eigenvalue weighted by atomic mass is 16.3. The summed E-state index contributed by atoms with van der Waals surface area (Å²) < 4.78 is 6.07. The predicted molar refractivity (Wildman–Crippen MR) is 237 cm³/mol. The summed E-state index contributed by atoms with van der Waals surface area (Å²) in [4.78, 5) is 97.2. The van der Waals surface area contributed by atoms with Gasteiger partial charge in [-0.1, -0.05) is 61.5 Å². The van der Waals surface area contributed by atoms with E-state index < -0.39 is 109 Å². The number of aliphatic imine (C=N–C) groups is 2. The first-order chi connectivity index (χ1) is 31.7. The number of nitrogens with zero attached hydrogens (tertiary/aromatic N) is 3. The average molecular weight is 910 g/mol. The van der Waals surface area contributed by atoms with Crippen molar-refractivity contribution in [2.75, 3.05) is 26.2 Å². The topological polar surface area (TPSA) is 362 Å². The van der Waals surface area contributed by atoms with Gasteiger partial charge in [0, 0.05) is 17.9 Å². The molecular weight excluding hydrogens is 859 g/mol. The van der Waals surface area contributed by atoms with Crippen molar-refractivity contribution in [2.45, 2.75) is 73.8 Å². The van der Waals surface area contributed by atoms with Gasteiger partial charge in [0.25, 0.3) is 0 Å². The molecule has 1 saturated heterocycles. The minimum Gasteiger partial charge on any atom is -0.436 e. The molecule has 7 rings (SSSR count). The number of amides is 6. The minimum atomic E-state index is -1.95. The smallest absolute Gasteiger partial charge is 0.246 e. The number of fused-ring (bicyclic) bond motifs is 1. The second-order valence-electron chi connectivity index (χ2n) is 16.1. The van der Waals surface area contributed by atoms with Crippen LogP contribution in [0.2, 0.25) is 0 Å². The second kappa shape index (κ2) is 20.5. The van der Waals surface area contributed by atoms with Gasteiger partial charge < -0.3 is 73.7 Å². The number of nitrogens with one attached hydrogen (secondary N) is 8. The first kappa shape index (κ1) is 46.4. The van der Waals surface area contributed by atoms with Gasteiger partial charge in [-0.2, -0.15) is 0 Å². The van der Waals surface area contributed by atoms with Gasteiger partial charge in [0.05, 0.1) is 38.3 Å². The third kappa shape index (κ3) is 10.8. The number of nitrogens with two attached hydrogens (primary N) is 2. The van der Waals surface area contributed by atoms with E-state index >= 15 is 0 Å². The van der Waals surface area contributed by atoms with Crippen LogP contribution >= 0.6 is 0 Å². The van der Waals surface area contributed by atoms with Crippen molar-refractivity contribution in [3.63, 3.8) is 0 Å². The lowest BCUT2D eigenvalue weighted by atomic mass is 9.92. The van der Waals surface area contributed by atoms with E-state index in [0.717, 1.165) is 5.56 Å². The highest BCUT2D eigenvalue weighted by Gasteiger charge is 2.43. The Labute approximate surface area is 376 Å². The van der Waals surface area contributed by atoms with Crippen LogP contribution < -0.4 is 54.0 Å². The lowest BCUT2D eigenvalue weighted by molar-refractivity contribution is -0.139. The molecule has 10 atom stereocenters. The summed E-state index contributed by atoms with van der Waals surface area (Å²) in [6.45, 7) is -0.331. The largest absolute Gasteiger partial charge is 0.436 e. The zero-order valence-corrected chi connectivity index (χ0v) is 35.5. The fourth-order valence-corrected chi connectivity index (χ4v) is 7.76. The van der Waals surface area contributed by atoms with Gasteiger partial charge in [-0.05, 0) is 35.4 Å². The Morgan fingerprint density at radius 1 is 0.667 bits per heavy atom. The Kier molecular flexibility index (Phi) is 14.4. The van der Waals surface area contributed by atoms with E-state index in [4.69, 9.17) is 15.9 Å². The monoisotopic (exact) mass is 909 g/mol. The number of aromatic nitrogens is 1. The molecule has 348 valence electrons. The van der Waals surface area contributed by atoms with E-state index in [1.54, 1.807) is 55.5 Å². The molecule has 0 aliphatic carbocycles. The van der Waals surface area contributed by atoms with Gasteiger partial charge in [-0.15, -0.1) is 0 Å². The second-order valence-corrected chi connectivity index (χ2v) is 16.1. The van der Waals surface area contributed by atoms with Crippen LogP contribution in [0.15, 0.2) is 93.3 Å². The highest BCUT2D eigenvalue weighted by molar-refractivity contribution is 5.98. The third-order valence-corrected chi connectivity index (χ3v) is 11.5. The third-order valence-electron chi connectivity index (χ3n) is 11.5. The molecule has 4 heterocycles. The van der Waals surface area contributed by atoms with Crippen LogP contribution in [0.5, 0.6) is 0 Å². The van der Waals surface area contributed by atoms with Crippen LogP contribution in [0.4, 0.5) is 0 Å². The summed E-state index contributed by atoms with van der Waals surface area (Å²) in [5.41, 5.74) is 14.3. The molecule has 15 N–H and O–H groups in total. The normalized spacial score (nSPS) is 26.0. The molecule has 3 aliphatic heterocycles. The fourth-order valence-electron chi connectivity index (χ4n) is 7.76. The van der Waals surface area contributed by atoms with Crippen LogP contribution in [0.1, 0.15) is 24.0 Å². The van der Waals surface area contributed by atoms with Crippen LogP contribution in [-0.4, -0.2) is 148 Å². The summed E-state index contributed by atoms with van der Waals surface area (Å²) in [6, 6.07) is 12.2. The lowest BCUT2D eigenvalue weighted by Gasteiger charge is -2.33. The van der Waals surface area contributed by atoms with Crippen molar-refractivity contribution in [2.24, 2.45) is 21.5 Å². The summed E-state index contributed by atoms with van der Waals surface area (Å²) in [5, 5.41) is 53.8. The maximum absolute atomic E-state index is 14.7. The van der Waals surface area contributed by atoms with E-state index in [0.29, 0.717) is 28.1 Å². The number of hydrogen-bond donors (Lipinski definition) is 13. The van der Waals surface area contributed by atoms with Crippen LogP contribution in [-0.2, 0) is 35.2 Å². The maximum atomic E-state index is 14.7. The quantitative estimate of drug-likeness (QED) is 0.0716. The van der Waals surface area contributed by atoms with E-state index in [9.17, 15) is 44.1 Å². The molecule has 3 aromatic carbocycles. The molecule has 0 radical (unpaired) electrons. The van der Waals surface area contributed by atoms with E-state index in [-0.39, 0.29) is 31.4 Å². The number of carbonyl (C=O) groups is 6. The zero-order valence-electron chi connectivity index (χ0n) is 35.5. The van der Waals surface area contributed by atoms with Crippen molar-refractivity contribution in [1.82, 2.24) is 47.5 Å². The van der Waals surface area contributed by atoms with Crippen LogP contribution in [0, 0.1) is 0 Å². The molecule has 0 bridgehead atoms. The number of benzene rings is 3. The van der Waals surface area contributed by atoms with Gasteiger partial charge in [-0.25, -0.2) is 4.98 Å². The standard InChI is InChI=1S/C43H51N13O10/c1-20(22-8-4-2-5-9-22)31-38(63)49-25(14-21-12-13-24-29(15-21)66-41(51-24)23-10-6-3-7-11-23)37(62)55-33(35(60)27-17-48-43(45)53-27)40(65)56-32(34(59)26-16-47-42(44)52-26)39(64)50-28(19-57)36(61)46-18-30(58)54-31/h2-13,15,20,25-28,31-35,57,59-60H,14,16-19H2,1H3,(H,46,61)(H,49,63)(H,50,64)(H,54,58)(H,55,62)(H,56,65)(H3,44,47,52)(H3,45,48,53)/t20-,25+,26-,27-,28-,31-,32+,33-,34-,35+/m0/s1. The van der Waals surface area contributed by atoms with Gasteiger partial charge in [0.15, 0.2) is 17.5 Å². The Morgan fingerprint density at radius 3 is 1.82 bits per heavy atom. The molecule has 0 spiro atoms. The van der Waals surface area contributed by atoms with Crippen LogP contribution in [0.3, 0.4) is 0 Å². The molecule has 4 aromatic rings. The molecule has 23 nitrogen and oxygen atoms in total. The molecule has 1 aromatic heterocycles. The Morgan fingerprint density at radius 2 is 1.23 bits per heavy atom. The SMILES string of the molecule is C[C@@H](c1ccccc1)[C@@H]1NC(=O)CNC(=O)[C@H](CO)NC(=O)[C@@H]([C@@H](O)[C@@H]2CN=C(N)N2)NC(=O)[C@H]([C@H](O)[C@@H]2CN=C(N)N2)NC(=O)[C@@H](Cc2ccc3nc(-c4ccccc4)oc3c2)NC1=O. The van der Waals surface area contributed by atoms with E-state index in [2.05, 4.69) is 57.5 Å². The number of rotatable bonds is 10. The number of aliphatic hydroxyl groups is 3. The van der Waals surface area contributed by atoms with Gasteiger partial charge in [-0.3, -0.25) is 38.8 Å². The molecule has 1 fully saturated rings. The lowest BCUT2D eigenvalue weighted by Crippen LogP contribution is -2.67. The van der Waals surface area contributed by atoms with Crippen molar-refractivity contribution < 1.29 is 48.5 Å². The molecule has 23 heteroatoms. The van der Waals surface area contributed by atoms with E-state index in [1.807, 2.05) is 30.3 Å². The first-order valence-corrected chi connectivity index (χ1v) is 21.1. The van der Waals surface area contributed by atoms with Gasteiger partial charge >= 0.3 is 0 Å². The summed E-state index contributed by atoms with van der Waals surface area (Å²) in [5.74, 6) is -6.64. The molecule has 6 amide bonds. The molecule has 3 aliphatic rings. The molecule has 66 heavy (non-hydrogen) atoms. The van der Waals surface area contributed by atoms with Crippen LogP contribution in [0.25, 0.3) is 22.6 Å². The Bertz CT molecular complexity index is 2500. The van der Waals surface area contributed by atoms with Crippen molar-refractivity contribution in [1.29, 1.82) is 0 Å². The molecule has 0 unspecified atom stereocenters. The number of aliphatic hydroxyl groups excluding tert-OH is 3. The summed E-state index contributed by atoms with van der Waals surface area (Å²) in [7, 11) is 0. The fraction of sp³-hybridized carbons (Fsp3) is 0.372. The summed E-state index contributed by atoms with van der Waals surface area (Å²) in [6.07, 6.45) is -3.89. The Hall–Kier alpha value is -7.63. The maximum Gasteiger partial charge on any atom is 0.246 e. The summed E-state index contributed by atoms with van der Waals surface area (Å²) >= 11 is 0. The average Bonchev–Trinajstić information content (AvgIpc) is 4.09. The van der Waals surface area contributed by atoms with Gasteiger partial charge in [0.1, 0.15) is 47.9 Å². The van der Waals surface area contributed by atoms with E-state index in [1.165, 1.54) is 0 Å². The first-order valence-electron chi connectivity index (χ1n) is 21.1. The predicted octanol–water partition coefficient (Wildman–Crippen LogP) is -4.32. The number of guanidine groups is 2. The minimum absolute atomic E-state index is 0.0686.